The molecule has 1 saturated carbocycles. The molecule has 6 heteroatoms. The molecule has 1 aliphatic heterocycles. The monoisotopic (exact) mass is 321 g/mol. The molecule has 0 bridgehead atoms. The van der Waals surface area contributed by atoms with Crippen molar-refractivity contribution in [2.75, 3.05) is 0 Å². The van der Waals surface area contributed by atoms with E-state index in [0.717, 1.165) is 18.4 Å². The lowest BCUT2D eigenvalue weighted by Crippen LogP contribution is -2.31. The Morgan fingerprint density at radius 3 is 2.67 bits per heavy atom. The maximum atomic E-state index is 12.4. The lowest BCUT2D eigenvalue weighted by Gasteiger charge is -2.11. The summed E-state index contributed by atoms with van der Waals surface area (Å²) in [5, 5.41) is 2.79. The molecule has 120 valence electrons. The van der Waals surface area contributed by atoms with Crippen LogP contribution in [-0.4, -0.2) is 33.6 Å². The summed E-state index contributed by atoms with van der Waals surface area (Å²) in [7, 11) is 0. The third-order valence-electron chi connectivity index (χ3n) is 4.27. The van der Waals surface area contributed by atoms with Crippen LogP contribution in [0.15, 0.2) is 42.7 Å². The van der Waals surface area contributed by atoms with Crippen LogP contribution in [0.5, 0.6) is 0 Å². The van der Waals surface area contributed by atoms with Gasteiger partial charge in [0.2, 0.25) is 0 Å². The van der Waals surface area contributed by atoms with Crippen molar-refractivity contribution in [2.45, 2.75) is 25.4 Å². The SMILES string of the molecule is O=C(NCc1cccnc1)c1ccc2c(c1)C(=O)N(C1CC1)C2=O. The van der Waals surface area contributed by atoms with Crippen molar-refractivity contribution in [1.82, 2.24) is 15.2 Å². The minimum atomic E-state index is -0.292. The number of carbonyl (C=O) groups excluding carboxylic acids is 3. The van der Waals surface area contributed by atoms with E-state index in [1.807, 2.05) is 6.07 Å². The first-order valence-electron chi connectivity index (χ1n) is 7.84. The first-order chi connectivity index (χ1) is 11.6. The standard InChI is InChI=1S/C18H15N3O3/c22-16(20-10-11-2-1-7-19-9-11)12-3-6-14-15(8-12)18(24)21(17(14)23)13-4-5-13/h1-3,6-9,13H,4-5,10H2,(H,20,22). The number of hydrogen-bond donors (Lipinski definition) is 1. The average molecular weight is 321 g/mol. The molecule has 0 spiro atoms. The highest BCUT2D eigenvalue weighted by Crippen LogP contribution is 2.34. The van der Waals surface area contributed by atoms with Gasteiger partial charge in [0, 0.05) is 30.5 Å². The number of rotatable bonds is 4. The Kier molecular flexibility index (Phi) is 3.37. The van der Waals surface area contributed by atoms with E-state index in [4.69, 9.17) is 0 Å². The summed E-state index contributed by atoms with van der Waals surface area (Å²) >= 11 is 0. The van der Waals surface area contributed by atoms with Gasteiger partial charge in [0.05, 0.1) is 11.1 Å². The van der Waals surface area contributed by atoms with E-state index in [1.54, 1.807) is 30.6 Å². The second-order valence-corrected chi connectivity index (χ2v) is 6.02. The maximum Gasteiger partial charge on any atom is 0.261 e. The number of nitrogens with zero attached hydrogens (tertiary/aromatic N) is 2. The minimum Gasteiger partial charge on any atom is -0.348 e. The zero-order valence-corrected chi connectivity index (χ0v) is 12.9. The highest BCUT2D eigenvalue weighted by molar-refractivity contribution is 6.22. The van der Waals surface area contributed by atoms with Crippen LogP contribution < -0.4 is 5.32 Å². The summed E-state index contributed by atoms with van der Waals surface area (Å²) in [6.45, 7) is 0.352. The van der Waals surface area contributed by atoms with Gasteiger partial charge in [-0.1, -0.05) is 6.07 Å². The Morgan fingerprint density at radius 1 is 1.17 bits per heavy atom. The lowest BCUT2D eigenvalue weighted by molar-refractivity contribution is 0.0642. The number of aromatic nitrogens is 1. The molecule has 1 aromatic heterocycles. The molecule has 6 nitrogen and oxygen atoms in total. The first kappa shape index (κ1) is 14.6. The van der Waals surface area contributed by atoms with Crippen LogP contribution >= 0.6 is 0 Å². The van der Waals surface area contributed by atoms with Gasteiger partial charge in [-0.25, -0.2) is 0 Å². The van der Waals surface area contributed by atoms with Crippen molar-refractivity contribution in [2.24, 2.45) is 0 Å². The van der Waals surface area contributed by atoms with Crippen LogP contribution in [0, 0.1) is 0 Å². The molecular weight excluding hydrogens is 306 g/mol. The van der Waals surface area contributed by atoms with E-state index in [9.17, 15) is 14.4 Å². The van der Waals surface area contributed by atoms with Gasteiger partial charge in [-0.15, -0.1) is 0 Å². The van der Waals surface area contributed by atoms with E-state index < -0.39 is 0 Å². The van der Waals surface area contributed by atoms with E-state index in [1.165, 1.54) is 11.0 Å². The second kappa shape index (κ2) is 5.56. The van der Waals surface area contributed by atoms with Crippen molar-refractivity contribution < 1.29 is 14.4 Å². The number of pyridine rings is 1. The minimum absolute atomic E-state index is 0.0280. The summed E-state index contributed by atoms with van der Waals surface area (Å²) in [4.78, 5) is 42.3. The largest absolute Gasteiger partial charge is 0.348 e. The summed E-state index contributed by atoms with van der Waals surface area (Å²) in [6.07, 6.45) is 5.08. The molecule has 0 radical (unpaired) electrons. The van der Waals surface area contributed by atoms with Gasteiger partial charge in [-0.2, -0.15) is 0 Å². The van der Waals surface area contributed by atoms with Gasteiger partial charge in [0.1, 0.15) is 0 Å². The van der Waals surface area contributed by atoms with Crippen molar-refractivity contribution in [3.8, 4) is 0 Å². The van der Waals surface area contributed by atoms with Gasteiger partial charge in [0.25, 0.3) is 17.7 Å². The molecule has 1 aliphatic carbocycles. The topological polar surface area (TPSA) is 79.4 Å². The number of benzene rings is 1. The molecule has 4 rings (SSSR count). The number of hydrogen-bond acceptors (Lipinski definition) is 4. The molecule has 2 aliphatic rings. The van der Waals surface area contributed by atoms with Gasteiger partial charge >= 0.3 is 0 Å². The molecule has 2 heterocycles. The van der Waals surface area contributed by atoms with Crippen molar-refractivity contribution in [1.29, 1.82) is 0 Å². The Hall–Kier alpha value is -3.02. The summed E-state index contributed by atoms with van der Waals surface area (Å²) < 4.78 is 0. The van der Waals surface area contributed by atoms with E-state index in [-0.39, 0.29) is 23.8 Å². The zero-order chi connectivity index (χ0) is 16.7. The van der Waals surface area contributed by atoms with Crippen molar-refractivity contribution in [3.63, 3.8) is 0 Å². The lowest BCUT2D eigenvalue weighted by atomic mass is 10.1. The summed E-state index contributed by atoms with van der Waals surface area (Å²) in [6, 6.07) is 8.35. The number of carbonyl (C=O) groups is 3. The molecule has 1 fully saturated rings. The van der Waals surface area contributed by atoms with Crippen LogP contribution in [0.1, 0.15) is 49.5 Å². The zero-order valence-electron chi connectivity index (χ0n) is 12.9. The second-order valence-electron chi connectivity index (χ2n) is 6.02. The molecule has 0 saturated heterocycles. The van der Waals surface area contributed by atoms with Crippen LogP contribution in [0.4, 0.5) is 0 Å². The van der Waals surface area contributed by atoms with Crippen LogP contribution in [0.3, 0.4) is 0 Å². The highest BCUT2D eigenvalue weighted by Gasteiger charge is 2.44. The Labute approximate surface area is 138 Å². The van der Waals surface area contributed by atoms with Crippen molar-refractivity contribution in [3.05, 3.63) is 65.0 Å². The molecule has 2 aromatic rings. The Bertz CT molecular complexity index is 844. The summed E-state index contributed by atoms with van der Waals surface area (Å²) in [5.74, 6) is -0.828. The van der Waals surface area contributed by atoms with Crippen LogP contribution in [0.2, 0.25) is 0 Å². The number of imide groups is 1. The van der Waals surface area contributed by atoms with E-state index >= 15 is 0 Å². The normalized spacial score (nSPS) is 16.2. The van der Waals surface area contributed by atoms with Crippen LogP contribution in [0.25, 0.3) is 0 Å². The van der Waals surface area contributed by atoms with Crippen LogP contribution in [-0.2, 0) is 6.54 Å². The van der Waals surface area contributed by atoms with Crippen molar-refractivity contribution >= 4 is 17.7 Å². The maximum absolute atomic E-state index is 12.4. The third-order valence-corrected chi connectivity index (χ3v) is 4.27. The van der Waals surface area contributed by atoms with Gasteiger partial charge in [-0.3, -0.25) is 24.3 Å². The fourth-order valence-corrected chi connectivity index (χ4v) is 2.85. The number of fused-ring (bicyclic) bond motifs is 1. The smallest absolute Gasteiger partial charge is 0.261 e. The molecule has 3 amide bonds. The molecule has 24 heavy (non-hydrogen) atoms. The summed E-state index contributed by atoms with van der Waals surface area (Å²) in [5.41, 5.74) is 1.96. The predicted octanol–water partition coefficient (Wildman–Crippen LogP) is 1.77. The number of nitrogens with one attached hydrogen (secondary N) is 1. The van der Waals surface area contributed by atoms with E-state index in [2.05, 4.69) is 10.3 Å². The Morgan fingerprint density at radius 2 is 1.96 bits per heavy atom. The fourth-order valence-electron chi connectivity index (χ4n) is 2.85. The quantitative estimate of drug-likeness (QED) is 0.871. The third kappa shape index (κ3) is 2.46. The van der Waals surface area contributed by atoms with Gasteiger partial charge < -0.3 is 5.32 Å². The Balaban J connectivity index is 1.53. The molecule has 0 atom stereocenters. The first-order valence-corrected chi connectivity index (χ1v) is 7.84. The van der Waals surface area contributed by atoms with Gasteiger partial charge in [-0.05, 0) is 42.7 Å². The van der Waals surface area contributed by atoms with Gasteiger partial charge in [0.15, 0.2) is 0 Å². The average Bonchev–Trinajstić information content (AvgIpc) is 3.41. The fraction of sp³-hybridized carbons (Fsp3) is 0.222. The molecule has 0 unspecified atom stereocenters. The molecule has 1 aromatic carbocycles. The molecular formula is C18H15N3O3. The predicted molar refractivity (Wildman–Crippen MR) is 85.4 cm³/mol. The highest BCUT2D eigenvalue weighted by atomic mass is 16.2. The number of amides is 3. The van der Waals surface area contributed by atoms with E-state index in [0.29, 0.717) is 23.2 Å². The molecule has 1 N–H and O–H groups in total.